The van der Waals surface area contributed by atoms with Gasteiger partial charge in [0, 0.05) is 18.0 Å². The lowest BCUT2D eigenvalue weighted by atomic mass is 10.1. The van der Waals surface area contributed by atoms with Crippen molar-refractivity contribution in [1.82, 2.24) is 9.97 Å². The Morgan fingerprint density at radius 1 is 1.39 bits per heavy atom. The first-order valence-corrected chi connectivity index (χ1v) is 5.81. The van der Waals surface area contributed by atoms with Crippen molar-refractivity contribution in [2.75, 3.05) is 0 Å². The van der Waals surface area contributed by atoms with E-state index >= 15 is 0 Å². The second-order valence-corrected chi connectivity index (χ2v) is 4.36. The molecule has 2 aromatic rings. The lowest BCUT2D eigenvalue weighted by Gasteiger charge is -2.02. The van der Waals surface area contributed by atoms with Crippen LogP contribution in [0.15, 0.2) is 24.4 Å². The maximum Gasteiger partial charge on any atom is 0.168 e. The number of imidazole rings is 1. The number of nitrogens with two attached hydrogens (primary N) is 1. The number of aryl methyl sites for hydroxylation is 1. The lowest BCUT2D eigenvalue weighted by molar-refractivity contribution is 0.511. The minimum absolute atomic E-state index is 0.0875. The van der Waals surface area contributed by atoms with Crippen LogP contribution in [0.25, 0.3) is 11.3 Å². The van der Waals surface area contributed by atoms with Gasteiger partial charge in [-0.15, -0.1) is 0 Å². The number of benzene rings is 1. The van der Waals surface area contributed by atoms with E-state index in [2.05, 4.69) is 9.97 Å². The van der Waals surface area contributed by atoms with Gasteiger partial charge in [0.2, 0.25) is 0 Å². The van der Waals surface area contributed by atoms with Crippen LogP contribution in [0.1, 0.15) is 19.2 Å². The Hall–Kier alpha value is -1.75. The molecule has 1 unspecified atom stereocenters. The van der Waals surface area contributed by atoms with Gasteiger partial charge in [-0.1, -0.05) is 6.07 Å². The highest BCUT2D eigenvalue weighted by Gasteiger charge is 2.12. The Bertz CT molecular complexity index is 535. The SMILES string of the molecule is CC(N)CCc1ncc(-c2cccc(F)c2F)[nH]1. The molecule has 1 atom stereocenters. The molecule has 3 N–H and O–H groups in total. The summed E-state index contributed by atoms with van der Waals surface area (Å²) in [6.07, 6.45) is 2.99. The number of hydrogen-bond donors (Lipinski definition) is 2. The van der Waals surface area contributed by atoms with Crippen molar-refractivity contribution in [2.45, 2.75) is 25.8 Å². The van der Waals surface area contributed by atoms with E-state index in [1.54, 1.807) is 0 Å². The molecule has 0 radical (unpaired) electrons. The topological polar surface area (TPSA) is 54.7 Å². The third-order valence-corrected chi connectivity index (χ3v) is 2.71. The molecule has 0 aliphatic carbocycles. The standard InChI is InChI=1S/C13H15F2N3/c1-8(16)5-6-12-17-7-11(18-12)9-3-2-4-10(14)13(9)15/h2-4,7-8H,5-6,16H2,1H3,(H,17,18). The normalized spacial score (nSPS) is 12.7. The van der Waals surface area contributed by atoms with Crippen molar-refractivity contribution in [3.05, 3.63) is 41.9 Å². The van der Waals surface area contributed by atoms with Gasteiger partial charge in [-0.25, -0.2) is 13.8 Å². The summed E-state index contributed by atoms with van der Waals surface area (Å²) < 4.78 is 26.7. The third kappa shape index (κ3) is 2.73. The fourth-order valence-corrected chi connectivity index (χ4v) is 1.70. The zero-order valence-corrected chi connectivity index (χ0v) is 10.1. The second kappa shape index (κ2) is 5.27. The fourth-order valence-electron chi connectivity index (χ4n) is 1.70. The maximum atomic E-state index is 13.6. The van der Waals surface area contributed by atoms with Crippen LogP contribution in [0.2, 0.25) is 0 Å². The molecule has 96 valence electrons. The van der Waals surface area contributed by atoms with Gasteiger partial charge in [-0.05, 0) is 25.5 Å². The van der Waals surface area contributed by atoms with Gasteiger partial charge in [0.25, 0.3) is 0 Å². The monoisotopic (exact) mass is 251 g/mol. The predicted octanol–water partition coefficient (Wildman–Crippen LogP) is 2.63. The Morgan fingerprint density at radius 2 is 2.17 bits per heavy atom. The molecule has 18 heavy (non-hydrogen) atoms. The number of rotatable bonds is 4. The van der Waals surface area contributed by atoms with E-state index in [1.807, 2.05) is 6.92 Å². The van der Waals surface area contributed by atoms with Gasteiger partial charge in [0.1, 0.15) is 5.82 Å². The number of nitrogens with one attached hydrogen (secondary N) is 1. The first kappa shape index (κ1) is 12.7. The molecule has 5 heteroatoms. The highest BCUT2D eigenvalue weighted by Crippen LogP contribution is 2.22. The molecule has 0 aliphatic rings. The summed E-state index contributed by atoms with van der Waals surface area (Å²) in [5.41, 5.74) is 6.32. The number of aromatic amines is 1. The summed E-state index contributed by atoms with van der Waals surface area (Å²) in [7, 11) is 0. The van der Waals surface area contributed by atoms with Gasteiger partial charge in [-0.2, -0.15) is 0 Å². The molecule has 0 saturated carbocycles. The number of nitrogens with zero attached hydrogens (tertiary/aromatic N) is 1. The Morgan fingerprint density at radius 3 is 2.89 bits per heavy atom. The van der Waals surface area contributed by atoms with Crippen LogP contribution >= 0.6 is 0 Å². The Kier molecular flexibility index (Phi) is 3.72. The molecule has 1 heterocycles. The smallest absolute Gasteiger partial charge is 0.168 e. The number of halogens is 2. The Labute approximate surface area is 104 Å². The van der Waals surface area contributed by atoms with Crippen molar-refractivity contribution in [3.63, 3.8) is 0 Å². The summed E-state index contributed by atoms with van der Waals surface area (Å²) in [6, 6.07) is 4.16. The summed E-state index contributed by atoms with van der Waals surface area (Å²) in [6.45, 7) is 1.91. The molecule has 0 spiro atoms. The molecule has 0 aliphatic heterocycles. The molecule has 1 aromatic heterocycles. The quantitative estimate of drug-likeness (QED) is 0.877. The van der Waals surface area contributed by atoms with Crippen LogP contribution in [-0.4, -0.2) is 16.0 Å². The highest BCUT2D eigenvalue weighted by atomic mass is 19.2. The summed E-state index contributed by atoms with van der Waals surface area (Å²) >= 11 is 0. The van der Waals surface area contributed by atoms with E-state index < -0.39 is 11.6 Å². The van der Waals surface area contributed by atoms with Crippen molar-refractivity contribution >= 4 is 0 Å². The van der Waals surface area contributed by atoms with Gasteiger partial charge in [-0.3, -0.25) is 0 Å². The average Bonchev–Trinajstić information content (AvgIpc) is 2.78. The number of hydrogen-bond acceptors (Lipinski definition) is 2. The lowest BCUT2D eigenvalue weighted by Crippen LogP contribution is -2.15. The molecule has 0 amide bonds. The number of aromatic nitrogens is 2. The van der Waals surface area contributed by atoms with Crippen molar-refractivity contribution < 1.29 is 8.78 Å². The zero-order chi connectivity index (χ0) is 13.1. The molecule has 0 fully saturated rings. The van der Waals surface area contributed by atoms with Gasteiger partial charge in [0.05, 0.1) is 11.9 Å². The fraction of sp³-hybridized carbons (Fsp3) is 0.308. The van der Waals surface area contributed by atoms with E-state index in [-0.39, 0.29) is 11.6 Å². The first-order chi connectivity index (χ1) is 8.58. The minimum atomic E-state index is -0.862. The highest BCUT2D eigenvalue weighted by molar-refractivity contribution is 5.59. The van der Waals surface area contributed by atoms with Crippen LogP contribution in [0.5, 0.6) is 0 Å². The first-order valence-electron chi connectivity index (χ1n) is 5.81. The number of H-pyrrole nitrogens is 1. The molecule has 0 bridgehead atoms. The van der Waals surface area contributed by atoms with Gasteiger partial charge < -0.3 is 10.7 Å². The van der Waals surface area contributed by atoms with E-state index in [0.717, 1.165) is 18.3 Å². The zero-order valence-electron chi connectivity index (χ0n) is 10.1. The molecule has 1 aromatic carbocycles. The van der Waals surface area contributed by atoms with Crippen molar-refractivity contribution in [2.24, 2.45) is 5.73 Å². The van der Waals surface area contributed by atoms with Crippen molar-refractivity contribution in [3.8, 4) is 11.3 Å². The van der Waals surface area contributed by atoms with Crippen LogP contribution in [0.4, 0.5) is 8.78 Å². The molecular weight excluding hydrogens is 236 g/mol. The van der Waals surface area contributed by atoms with E-state index in [1.165, 1.54) is 18.3 Å². The minimum Gasteiger partial charge on any atom is -0.342 e. The second-order valence-electron chi connectivity index (χ2n) is 4.36. The van der Waals surface area contributed by atoms with Crippen LogP contribution < -0.4 is 5.73 Å². The maximum absolute atomic E-state index is 13.6. The summed E-state index contributed by atoms with van der Waals surface area (Å²) in [5, 5.41) is 0. The van der Waals surface area contributed by atoms with Crippen LogP contribution in [-0.2, 0) is 6.42 Å². The summed E-state index contributed by atoms with van der Waals surface area (Å²) in [4.78, 5) is 7.11. The van der Waals surface area contributed by atoms with Gasteiger partial charge >= 0.3 is 0 Å². The molecule has 3 nitrogen and oxygen atoms in total. The average molecular weight is 251 g/mol. The van der Waals surface area contributed by atoms with Crippen LogP contribution in [0.3, 0.4) is 0 Å². The molecule has 2 rings (SSSR count). The summed E-state index contributed by atoms with van der Waals surface area (Å²) in [5.74, 6) is -0.995. The van der Waals surface area contributed by atoms with E-state index in [0.29, 0.717) is 12.1 Å². The van der Waals surface area contributed by atoms with Crippen molar-refractivity contribution in [1.29, 1.82) is 0 Å². The van der Waals surface area contributed by atoms with E-state index in [9.17, 15) is 8.78 Å². The van der Waals surface area contributed by atoms with Crippen LogP contribution in [0, 0.1) is 11.6 Å². The molecule has 0 saturated heterocycles. The third-order valence-electron chi connectivity index (χ3n) is 2.71. The predicted molar refractivity (Wildman–Crippen MR) is 65.9 cm³/mol. The van der Waals surface area contributed by atoms with E-state index in [4.69, 9.17) is 5.73 Å². The largest absolute Gasteiger partial charge is 0.342 e. The van der Waals surface area contributed by atoms with Gasteiger partial charge in [0.15, 0.2) is 11.6 Å². The molecular formula is C13H15F2N3. The Balaban J connectivity index is 2.21.